The van der Waals surface area contributed by atoms with Crippen molar-refractivity contribution in [3.63, 3.8) is 0 Å². The van der Waals surface area contributed by atoms with Gasteiger partial charge in [-0.05, 0) is 225 Å². The Morgan fingerprint density at radius 3 is 0.929 bits per heavy atom. The smallest absolute Gasteiger partial charge is 0.162 e. The van der Waals surface area contributed by atoms with Crippen molar-refractivity contribution in [3.8, 4) is 44.5 Å². The molecule has 0 saturated carbocycles. The van der Waals surface area contributed by atoms with Gasteiger partial charge in [0.1, 0.15) is 23.3 Å². The number of piperazine rings is 4. The van der Waals surface area contributed by atoms with Gasteiger partial charge in [0.15, 0.2) is 22.6 Å². The molecule has 0 aliphatic carbocycles. The van der Waals surface area contributed by atoms with Gasteiger partial charge in [-0.15, -0.1) is 0 Å². The number of anilines is 4. The van der Waals surface area contributed by atoms with E-state index in [1.165, 1.54) is 160 Å². The third-order valence-corrected chi connectivity index (χ3v) is 33.7. The van der Waals surface area contributed by atoms with Crippen LogP contribution in [0.5, 0.6) is 0 Å². The molecule has 12 saturated heterocycles. The van der Waals surface area contributed by atoms with Gasteiger partial charge < -0.3 is 35.1 Å². The summed E-state index contributed by atoms with van der Waals surface area (Å²) in [4.78, 5) is 62.7. The fourth-order valence-electron chi connectivity index (χ4n) is 25.8. The second-order valence-corrected chi connectivity index (χ2v) is 41.8. The van der Waals surface area contributed by atoms with Gasteiger partial charge in [0, 0.05) is 270 Å². The maximum absolute atomic E-state index is 14.1. The molecule has 4 aromatic carbocycles. The van der Waals surface area contributed by atoms with Crippen molar-refractivity contribution in [1.29, 1.82) is 0 Å². The molecule has 2 N–H and O–H groups in total. The first-order valence-corrected chi connectivity index (χ1v) is 50.8. The van der Waals surface area contributed by atoms with Gasteiger partial charge in [-0.25, -0.2) is 55.6 Å². The van der Waals surface area contributed by atoms with Crippen molar-refractivity contribution in [3.05, 3.63) is 217 Å². The number of halogens is 4. The summed E-state index contributed by atoms with van der Waals surface area (Å²) in [6.45, 7) is 25.2. The predicted octanol–water partition coefficient (Wildman–Crippen LogP) is 15.1. The van der Waals surface area contributed by atoms with Crippen molar-refractivity contribution < 1.29 is 17.6 Å². The molecule has 0 spiro atoms. The Morgan fingerprint density at radius 1 is 0.293 bits per heavy atom. The molecular formula is C108H120F4N28. The zero-order valence-corrected chi connectivity index (χ0v) is 80.4. The molecule has 32 heteroatoms. The summed E-state index contributed by atoms with van der Waals surface area (Å²) in [6, 6.07) is 30.0. The van der Waals surface area contributed by atoms with E-state index < -0.39 is 0 Å². The molecule has 12 aromatic heterocycles. The Hall–Kier alpha value is -12.4. The molecule has 0 amide bonds. The third kappa shape index (κ3) is 16.6. The minimum absolute atomic E-state index is 0.237. The number of nitrogens with one attached hydrogen (secondary N) is 2. The molecular weight excluding hydrogens is 1770 g/mol. The van der Waals surface area contributed by atoms with Gasteiger partial charge in [-0.2, -0.15) is 20.4 Å². The van der Waals surface area contributed by atoms with Crippen LogP contribution in [-0.4, -0.2) is 299 Å². The van der Waals surface area contributed by atoms with Crippen LogP contribution in [0.25, 0.3) is 111 Å². The van der Waals surface area contributed by atoms with Gasteiger partial charge in [0.05, 0.1) is 119 Å². The van der Waals surface area contributed by atoms with Gasteiger partial charge in [0.2, 0.25) is 0 Å². The molecule has 12 aliphatic rings. The average Bonchev–Trinajstić information content (AvgIpc) is 1.57. The number of aryl methyl sites for hydroxylation is 4. The van der Waals surface area contributed by atoms with E-state index in [1.54, 1.807) is 52.5 Å². The standard InChI is InChI=1S/C28H32FN7.2C27H30FN7.C26H28FN7/c1-18-11-24-23(5-8-30-27(24)12-26(18)29)25-14-32-36-17-22(13-31-28(25)36)34-9-6-19(7-10-34)35-15-20-3-4-21(16-35)33(20)2;1-17-9-23-22(3-6-29-26(23)11-25(17)28)24-13-31-35-16-21(12-30-27(24)35)33-7-4-18(5-8-33)34-15-19-10-20(34)14-32(19)2;1-17-10-23-22(4-7-29-26(23)11-25(17)28)24-13-31-35-16-21(12-30-27(24)35)33-8-5-20(6-9-33)34-14-18-2-3-19(15-34)32-18;1-16-8-22-21(2-5-28-25(22)10-24(16)27)23-13-31-34-15-20(12-30-26(23)34)32-6-3-18(4-7-32)33-14-17-9-19(33)11-29-17/h5,8,11-14,17,19-21H,3-4,6-7,9-10,15-16H2,1-2H3;3,6,9,11-13,16,18-20H,4-5,7-8,10,14-15H2,1-2H3;4,7,10-13,16,18-20,32H,2-3,5-6,8-9,14-15H2,1H3;2,5,8,10,12-13,15,17-19,29H,3-4,6-7,9,11,14H2,1H3/t;19-,20-;;17-,19-/m.1.1/s1. The fraction of sp³-hybridized carbons (Fsp3) is 0.444. The number of hydrogen-bond donors (Lipinski definition) is 2. The summed E-state index contributed by atoms with van der Waals surface area (Å²) in [6.07, 6.45) is 48.2. The molecule has 0 radical (unpaired) electrons. The first kappa shape index (κ1) is 89.0. The van der Waals surface area contributed by atoms with E-state index in [0.717, 1.165) is 201 Å². The third-order valence-electron chi connectivity index (χ3n) is 33.7. The number of likely N-dealkylation sites (tertiary alicyclic amines) is 5. The number of piperidine rings is 4. The summed E-state index contributed by atoms with van der Waals surface area (Å²) in [7, 11) is 4.58. The first-order chi connectivity index (χ1) is 68.3. The van der Waals surface area contributed by atoms with E-state index >= 15 is 0 Å². The number of pyridine rings is 4. The summed E-state index contributed by atoms with van der Waals surface area (Å²) in [5, 5.41) is 29.5. The lowest BCUT2D eigenvalue weighted by atomic mass is 10.0. The van der Waals surface area contributed by atoms with Crippen molar-refractivity contribution in [1.82, 2.24) is 118 Å². The van der Waals surface area contributed by atoms with Crippen LogP contribution >= 0.6 is 0 Å². The Kier molecular flexibility index (Phi) is 23.3. The highest BCUT2D eigenvalue weighted by Gasteiger charge is 2.47. The van der Waals surface area contributed by atoms with E-state index in [0.29, 0.717) is 86.6 Å². The predicted molar refractivity (Wildman–Crippen MR) is 541 cm³/mol. The van der Waals surface area contributed by atoms with Crippen LogP contribution < -0.4 is 30.2 Å². The van der Waals surface area contributed by atoms with E-state index in [1.807, 2.05) is 116 Å². The van der Waals surface area contributed by atoms with Crippen molar-refractivity contribution >= 4 is 88.9 Å². The molecule has 28 rings (SSSR count). The van der Waals surface area contributed by atoms with Crippen LogP contribution in [0.3, 0.4) is 0 Å². The lowest BCUT2D eigenvalue weighted by Crippen LogP contribution is -2.56. The highest BCUT2D eigenvalue weighted by Crippen LogP contribution is 2.43. The van der Waals surface area contributed by atoms with Crippen molar-refractivity contribution in [2.24, 2.45) is 0 Å². The minimum Gasteiger partial charge on any atom is -0.369 e. The maximum atomic E-state index is 14.1. The van der Waals surface area contributed by atoms with Crippen LogP contribution in [0.4, 0.5) is 40.3 Å². The van der Waals surface area contributed by atoms with E-state index in [9.17, 15) is 17.6 Å². The second kappa shape index (κ2) is 36.6. The van der Waals surface area contributed by atoms with Crippen molar-refractivity contribution in [2.45, 2.75) is 190 Å². The molecule has 720 valence electrons. The maximum Gasteiger partial charge on any atom is 0.162 e. The van der Waals surface area contributed by atoms with E-state index in [2.05, 4.69) is 139 Å². The highest BCUT2D eigenvalue weighted by atomic mass is 19.1. The lowest BCUT2D eigenvalue weighted by molar-refractivity contribution is 0.0495. The molecule has 16 aromatic rings. The molecule has 12 aliphatic heterocycles. The first-order valence-electron chi connectivity index (χ1n) is 50.8. The normalized spacial score (nSPS) is 23.7. The lowest BCUT2D eigenvalue weighted by Gasteiger charge is -2.45. The topological polar surface area (TPSA) is 229 Å². The SMILES string of the molecule is Cc1cc2c(-c3cnn4cc(N5CCC(N6CC7CCC(C6)N7)CC5)cnc34)ccnc2cc1F.Cc1cc2c(-c3cnn4cc(N5CCC(N6CC7CCC(C6)N7C)CC5)cnc34)ccnc2cc1F.Cc1cc2c(-c3cnn4cc(N5CCC(N6C[C@H]7C[C@@H]6CN7)CC5)cnc34)ccnc2cc1F.Cc1cc2c(-c3cnn4cc(N5CCC(N6C[C@H]7C[C@@H]6CN7C)CC5)cnc34)ccnc2cc1F. The van der Waals surface area contributed by atoms with Gasteiger partial charge in [0.25, 0.3) is 0 Å². The van der Waals surface area contributed by atoms with Crippen LogP contribution in [0.15, 0.2) is 172 Å². The Balaban J connectivity index is 0.0000000985. The van der Waals surface area contributed by atoms with Crippen molar-refractivity contribution in [2.75, 3.05) is 138 Å². The van der Waals surface area contributed by atoms with Crippen LogP contribution in [-0.2, 0) is 0 Å². The quantitative estimate of drug-likeness (QED) is 0.108. The monoisotopic (exact) mass is 1890 g/mol. The molecule has 24 heterocycles. The number of fused-ring (bicyclic) bond motifs is 16. The molecule has 12 fully saturated rings. The van der Waals surface area contributed by atoms with E-state index in [-0.39, 0.29) is 23.3 Å². The molecule has 140 heavy (non-hydrogen) atoms. The number of rotatable bonds is 12. The summed E-state index contributed by atoms with van der Waals surface area (Å²) >= 11 is 0. The Bertz CT molecular complexity index is 7370. The molecule has 28 nitrogen and oxygen atoms in total. The minimum atomic E-state index is -0.238. The number of benzene rings is 4. The number of likely N-dealkylation sites (N-methyl/N-ethyl adjacent to an activating group) is 2. The van der Waals surface area contributed by atoms with Crippen LogP contribution in [0.1, 0.15) is 112 Å². The zero-order chi connectivity index (χ0) is 94.4. The number of nitrogens with zero attached hydrogens (tertiary/aromatic N) is 26. The summed E-state index contributed by atoms with van der Waals surface area (Å²) in [5.41, 5.74) is 20.3. The fourth-order valence-corrected chi connectivity index (χ4v) is 25.8. The molecule has 8 bridgehead atoms. The van der Waals surface area contributed by atoms with E-state index in [4.69, 9.17) is 19.9 Å². The number of aromatic nitrogens is 16. The highest BCUT2D eigenvalue weighted by molar-refractivity contribution is 6.01. The summed E-state index contributed by atoms with van der Waals surface area (Å²) in [5.74, 6) is -0.952. The van der Waals surface area contributed by atoms with Crippen LogP contribution in [0, 0.1) is 51.0 Å². The Morgan fingerprint density at radius 2 is 0.621 bits per heavy atom. The van der Waals surface area contributed by atoms with Crippen LogP contribution in [0.2, 0.25) is 0 Å². The zero-order valence-electron chi connectivity index (χ0n) is 80.4. The number of hydrogen-bond acceptors (Lipinski definition) is 24. The molecule has 8 atom stereocenters. The van der Waals surface area contributed by atoms with Gasteiger partial charge >= 0.3 is 0 Å². The second-order valence-electron chi connectivity index (χ2n) is 41.8. The van der Waals surface area contributed by atoms with Gasteiger partial charge in [-0.3, -0.25) is 44.4 Å². The Labute approximate surface area is 810 Å². The summed E-state index contributed by atoms with van der Waals surface area (Å²) < 4.78 is 63.8. The van der Waals surface area contributed by atoms with Gasteiger partial charge in [-0.1, -0.05) is 0 Å². The largest absolute Gasteiger partial charge is 0.369 e. The average molecular weight is 1890 g/mol. The molecule has 4 unspecified atom stereocenters.